The van der Waals surface area contributed by atoms with Crippen LogP contribution in [0.25, 0.3) is 11.3 Å². The van der Waals surface area contributed by atoms with E-state index in [1.54, 1.807) is 18.2 Å². The second-order valence-corrected chi connectivity index (χ2v) is 8.80. The van der Waals surface area contributed by atoms with E-state index in [1.165, 1.54) is 12.1 Å². The van der Waals surface area contributed by atoms with Gasteiger partial charge in [-0.1, -0.05) is 13.0 Å². The average molecular weight is 462 g/mol. The van der Waals surface area contributed by atoms with Gasteiger partial charge in [-0.2, -0.15) is 0 Å². The molecule has 2 N–H and O–H groups in total. The van der Waals surface area contributed by atoms with Crippen LogP contribution < -0.4 is 15.4 Å². The molecule has 3 aromatic rings. The molecule has 34 heavy (non-hydrogen) atoms. The Morgan fingerprint density at radius 1 is 1.00 bits per heavy atom. The summed E-state index contributed by atoms with van der Waals surface area (Å²) in [5.41, 5.74) is 1.58. The highest BCUT2D eigenvalue weighted by Crippen LogP contribution is 2.29. The first-order chi connectivity index (χ1) is 16.4. The van der Waals surface area contributed by atoms with Gasteiger partial charge in [-0.25, -0.2) is 9.37 Å². The highest BCUT2D eigenvalue weighted by atomic mass is 19.1. The van der Waals surface area contributed by atoms with Crippen molar-refractivity contribution in [3.63, 3.8) is 0 Å². The molecular weight excluding hydrogens is 433 g/mol. The van der Waals surface area contributed by atoms with Crippen molar-refractivity contribution in [3.8, 4) is 22.8 Å². The fourth-order valence-corrected chi connectivity index (χ4v) is 3.65. The van der Waals surface area contributed by atoms with E-state index in [2.05, 4.69) is 15.6 Å². The lowest BCUT2D eigenvalue weighted by Gasteiger charge is -2.18. The van der Waals surface area contributed by atoms with Crippen molar-refractivity contribution >= 4 is 17.6 Å². The zero-order valence-electron chi connectivity index (χ0n) is 19.3. The van der Waals surface area contributed by atoms with E-state index in [4.69, 9.17) is 4.74 Å². The Morgan fingerprint density at radius 2 is 1.65 bits per heavy atom. The number of nitrogens with one attached hydrogen (secondary N) is 2. The van der Waals surface area contributed by atoms with Crippen LogP contribution in [0.5, 0.6) is 11.5 Å². The monoisotopic (exact) mass is 461 g/mol. The molecule has 0 spiro atoms. The average Bonchev–Trinajstić information content (AvgIpc) is 3.67. The first-order valence-electron chi connectivity index (χ1n) is 11.5. The predicted molar refractivity (Wildman–Crippen MR) is 129 cm³/mol. The zero-order valence-corrected chi connectivity index (χ0v) is 19.3. The Kier molecular flexibility index (Phi) is 7.21. The van der Waals surface area contributed by atoms with Crippen LogP contribution in [0.2, 0.25) is 0 Å². The smallest absolute Gasteiger partial charge is 0.228 e. The van der Waals surface area contributed by atoms with Crippen LogP contribution in [-0.2, 0) is 9.59 Å². The van der Waals surface area contributed by atoms with Gasteiger partial charge in [0.1, 0.15) is 23.1 Å². The summed E-state index contributed by atoms with van der Waals surface area (Å²) in [7, 11) is 0. The fourth-order valence-electron chi connectivity index (χ4n) is 3.65. The number of rotatable bonds is 9. The van der Waals surface area contributed by atoms with Crippen LogP contribution in [-0.4, -0.2) is 22.8 Å². The van der Waals surface area contributed by atoms with Crippen LogP contribution in [0.1, 0.15) is 33.1 Å². The van der Waals surface area contributed by atoms with Gasteiger partial charge in [0.2, 0.25) is 11.8 Å². The van der Waals surface area contributed by atoms with Crippen LogP contribution in [0.15, 0.2) is 66.7 Å². The molecule has 0 bridgehead atoms. The lowest BCUT2D eigenvalue weighted by Crippen LogP contribution is -2.36. The van der Waals surface area contributed by atoms with Crippen LogP contribution in [0.4, 0.5) is 10.2 Å². The normalized spacial score (nSPS) is 14.7. The highest BCUT2D eigenvalue weighted by molar-refractivity contribution is 5.91. The summed E-state index contributed by atoms with van der Waals surface area (Å²) >= 11 is 0. The molecule has 4 rings (SSSR count). The van der Waals surface area contributed by atoms with Gasteiger partial charge in [-0.3, -0.25) is 9.59 Å². The number of hydrogen-bond acceptors (Lipinski definition) is 4. The summed E-state index contributed by atoms with van der Waals surface area (Å²) in [6, 6.07) is 18.6. The first-order valence-corrected chi connectivity index (χ1v) is 11.5. The summed E-state index contributed by atoms with van der Waals surface area (Å²) in [6.45, 7) is 3.77. The van der Waals surface area contributed by atoms with E-state index in [0.717, 1.165) is 18.4 Å². The lowest BCUT2D eigenvalue weighted by atomic mass is 10.0. The number of nitrogens with zero attached hydrogens (tertiary/aromatic N) is 1. The largest absolute Gasteiger partial charge is 0.457 e. The number of benzene rings is 2. The van der Waals surface area contributed by atoms with Gasteiger partial charge in [0.05, 0.1) is 5.69 Å². The van der Waals surface area contributed by atoms with Crippen molar-refractivity contribution in [1.82, 2.24) is 10.3 Å². The van der Waals surface area contributed by atoms with Gasteiger partial charge in [0, 0.05) is 23.4 Å². The van der Waals surface area contributed by atoms with Crippen molar-refractivity contribution in [1.29, 1.82) is 0 Å². The van der Waals surface area contributed by atoms with Gasteiger partial charge in [-0.05, 0) is 86.8 Å². The molecule has 1 saturated carbocycles. The number of hydrogen-bond donors (Lipinski definition) is 2. The van der Waals surface area contributed by atoms with Gasteiger partial charge in [0.15, 0.2) is 0 Å². The van der Waals surface area contributed by atoms with E-state index in [0.29, 0.717) is 29.4 Å². The fraction of sp³-hybridized carbons (Fsp3) is 0.296. The number of halogens is 1. The zero-order chi connectivity index (χ0) is 24.1. The number of ether oxygens (including phenoxy) is 1. The maximum absolute atomic E-state index is 13.0. The SMILES string of the molecule is CC(CC(C)C(=O)Nc1cccc(-c2ccc(Oc3ccc(F)cc3)cc2)n1)NC(=O)C1CC1. The summed E-state index contributed by atoms with van der Waals surface area (Å²) < 4.78 is 18.8. The summed E-state index contributed by atoms with van der Waals surface area (Å²) in [5, 5.41) is 5.86. The summed E-state index contributed by atoms with van der Waals surface area (Å²) in [5.74, 6) is 1.15. The molecule has 2 unspecified atom stereocenters. The van der Waals surface area contributed by atoms with Crippen molar-refractivity contribution < 1.29 is 18.7 Å². The molecule has 0 radical (unpaired) electrons. The van der Waals surface area contributed by atoms with Gasteiger partial charge >= 0.3 is 0 Å². The molecule has 1 fully saturated rings. The molecule has 6 nitrogen and oxygen atoms in total. The van der Waals surface area contributed by atoms with Crippen LogP contribution in [0, 0.1) is 17.7 Å². The first kappa shape index (κ1) is 23.4. The van der Waals surface area contributed by atoms with E-state index in [9.17, 15) is 14.0 Å². The minimum atomic E-state index is -0.315. The second-order valence-electron chi connectivity index (χ2n) is 8.80. The third-order valence-electron chi connectivity index (χ3n) is 5.69. The summed E-state index contributed by atoms with van der Waals surface area (Å²) in [6.07, 6.45) is 2.47. The van der Waals surface area contributed by atoms with Crippen molar-refractivity contribution in [2.75, 3.05) is 5.32 Å². The van der Waals surface area contributed by atoms with E-state index < -0.39 is 0 Å². The molecule has 2 atom stereocenters. The number of aromatic nitrogens is 1. The summed E-state index contributed by atoms with van der Waals surface area (Å²) in [4.78, 5) is 29.1. The number of carbonyl (C=O) groups is 2. The number of pyridine rings is 1. The lowest BCUT2D eigenvalue weighted by molar-refractivity contribution is -0.124. The third-order valence-corrected chi connectivity index (χ3v) is 5.69. The van der Waals surface area contributed by atoms with Crippen LogP contribution in [0.3, 0.4) is 0 Å². The quantitative estimate of drug-likeness (QED) is 0.437. The van der Waals surface area contributed by atoms with Crippen molar-refractivity contribution in [2.24, 2.45) is 11.8 Å². The van der Waals surface area contributed by atoms with Crippen molar-refractivity contribution in [2.45, 2.75) is 39.2 Å². The molecule has 7 heteroatoms. The number of carbonyl (C=O) groups excluding carboxylic acids is 2. The Morgan fingerprint density at radius 3 is 2.29 bits per heavy atom. The molecule has 176 valence electrons. The standard InChI is InChI=1S/C27H28FN3O3/c1-17(16-18(2)29-27(33)20-6-7-20)26(32)31-25-5-3-4-24(30-25)19-8-12-22(13-9-19)34-23-14-10-21(28)11-15-23/h3-5,8-15,17-18,20H,6-7,16H2,1-2H3,(H,29,33)(H,30,31,32). The Bertz CT molecular complexity index is 1140. The topological polar surface area (TPSA) is 80.3 Å². The number of amides is 2. The van der Waals surface area contributed by atoms with E-state index >= 15 is 0 Å². The van der Waals surface area contributed by atoms with Gasteiger partial charge in [-0.15, -0.1) is 0 Å². The molecule has 0 saturated heterocycles. The van der Waals surface area contributed by atoms with Crippen molar-refractivity contribution in [3.05, 3.63) is 72.5 Å². The molecule has 0 aliphatic heterocycles. The maximum Gasteiger partial charge on any atom is 0.228 e. The third kappa shape index (κ3) is 6.41. The highest BCUT2D eigenvalue weighted by Gasteiger charge is 2.30. The second kappa shape index (κ2) is 10.5. The Hall–Kier alpha value is -3.74. The molecule has 1 heterocycles. The number of anilines is 1. The maximum atomic E-state index is 13.0. The Labute approximate surface area is 198 Å². The molecule has 2 amide bonds. The van der Waals surface area contributed by atoms with Crippen LogP contribution >= 0.6 is 0 Å². The molecule has 1 aliphatic rings. The van der Waals surface area contributed by atoms with E-state index in [-0.39, 0.29) is 35.5 Å². The molecule has 1 aromatic heterocycles. The minimum absolute atomic E-state index is 0.0659. The van der Waals surface area contributed by atoms with Gasteiger partial charge in [0.25, 0.3) is 0 Å². The minimum Gasteiger partial charge on any atom is -0.457 e. The predicted octanol–water partition coefficient (Wildman–Crippen LogP) is 5.56. The molecule has 1 aliphatic carbocycles. The van der Waals surface area contributed by atoms with E-state index in [1.807, 2.05) is 50.2 Å². The molecular formula is C27H28FN3O3. The van der Waals surface area contributed by atoms with Gasteiger partial charge < -0.3 is 15.4 Å². The molecule has 2 aromatic carbocycles. The Balaban J connectivity index is 1.34.